The summed E-state index contributed by atoms with van der Waals surface area (Å²) in [6.45, 7) is 2.50. The summed E-state index contributed by atoms with van der Waals surface area (Å²) >= 11 is 0. The molecule has 1 aromatic carbocycles. The molecule has 0 saturated heterocycles. The molecule has 0 aliphatic carbocycles. The van der Waals surface area contributed by atoms with Crippen LogP contribution in [0.2, 0.25) is 0 Å². The largest absolute Gasteiger partial charge is 0.427 e. The molecule has 0 aliphatic rings. The number of benzene rings is 1. The zero-order valence-corrected chi connectivity index (χ0v) is 8.33. The molecule has 0 unspecified atom stereocenters. The van der Waals surface area contributed by atoms with Gasteiger partial charge in [-0.15, -0.1) is 0 Å². The summed E-state index contributed by atoms with van der Waals surface area (Å²) in [4.78, 5) is 21.3. The highest BCUT2D eigenvalue weighted by atomic mass is 19.1. The van der Waals surface area contributed by atoms with Gasteiger partial charge in [0.05, 0.1) is 5.69 Å². The van der Waals surface area contributed by atoms with Crippen molar-refractivity contribution < 1.29 is 18.7 Å². The van der Waals surface area contributed by atoms with Crippen molar-refractivity contribution in [2.75, 3.05) is 5.32 Å². The Bertz CT molecular complexity index is 404. The predicted octanol–water partition coefficient (Wildman–Crippen LogP) is 1.71. The van der Waals surface area contributed by atoms with Gasteiger partial charge in [-0.05, 0) is 12.1 Å². The Morgan fingerprint density at radius 3 is 2.53 bits per heavy atom. The van der Waals surface area contributed by atoms with Crippen LogP contribution in [-0.4, -0.2) is 11.9 Å². The number of carbonyl (C=O) groups is 2. The van der Waals surface area contributed by atoms with Crippen molar-refractivity contribution in [2.24, 2.45) is 0 Å². The van der Waals surface area contributed by atoms with E-state index in [-0.39, 0.29) is 11.4 Å². The van der Waals surface area contributed by atoms with Gasteiger partial charge in [0.2, 0.25) is 5.91 Å². The Labute approximate surface area is 86.0 Å². The van der Waals surface area contributed by atoms with E-state index in [9.17, 15) is 14.0 Å². The summed E-state index contributed by atoms with van der Waals surface area (Å²) < 4.78 is 17.8. The van der Waals surface area contributed by atoms with E-state index in [1.807, 2.05) is 0 Å². The molecule has 1 amide bonds. The van der Waals surface area contributed by atoms with Crippen LogP contribution in [0.25, 0.3) is 0 Å². The van der Waals surface area contributed by atoms with Gasteiger partial charge in [0.1, 0.15) is 11.6 Å². The van der Waals surface area contributed by atoms with E-state index in [2.05, 4.69) is 5.32 Å². The number of esters is 1. The number of hydrogen-bond donors (Lipinski definition) is 1. The van der Waals surface area contributed by atoms with Gasteiger partial charge in [-0.3, -0.25) is 9.59 Å². The minimum Gasteiger partial charge on any atom is -0.427 e. The average molecular weight is 211 g/mol. The van der Waals surface area contributed by atoms with E-state index in [4.69, 9.17) is 4.74 Å². The molecule has 0 saturated carbocycles. The van der Waals surface area contributed by atoms with Gasteiger partial charge in [0.25, 0.3) is 0 Å². The standard InChI is InChI=1S/C10H10FNO3/c1-6(13)12-10-5-8(15-7(2)14)3-4-9(10)11/h3-5H,1-2H3,(H,12,13). The van der Waals surface area contributed by atoms with Crippen molar-refractivity contribution in [2.45, 2.75) is 13.8 Å². The molecule has 1 aromatic rings. The van der Waals surface area contributed by atoms with Crippen LogP contribution in [0.4, 0.5) is 10.1 Å². The highest BCUT2D eigenvalue weighted by Crippen LogP contribution is 2.21. The second kappa shape index (κ2) is 4.54. The molecule has 0 fully saturated rings. The Kier molecular flexibility index (Phi) is 3.38. The van der Waals surface area contributed by atoms with E-state index in [0.717, 1.165) is 6.07 Å². The van der Waals surface area contributed by atoms with Crippen LogP contribution in [0.15, 0.2) is 18.2 Å². The minimum absolute atomic E-state index is 0.0127. The minimum atomic E-state index is -0.582. The molecule has 0 heterocycles. The van der Waals surface area contributed by atoms with Crippen LogP contribution in [0, 0.1) is 5.82 Å². The Balaban J connectivity index is 2.94. The first-order valence-corrected chi connectivity index (χ1v) is 4.24. The summed E-state index contributed by atoms with van der Waals surface area (Å²) in [5, 5.41) is 2.28. The van der Waals surface area contributed by atoms with Gasteiger partial charge < -0.3 is 10.1 Å². The zero-order chi connectivity index (χ0) is 11.4. The Hall–Kier alpha value is -1.91. The van der Waals surface area contributed by atoms with Crippen LogP contribution in [0.5, 0.6) is 5.75 Å². The van der Waals surface area contributed by atoms with Crippen molar-refractivity contribution in [1.29, 1.82) is 0 Å². The fraction of sp³-hybridized carbons (Fsp3) is 0.200. The lowest BCUT2D eigenvalue weighted by molar-refractivity contribution is -0.131. The normalized spacial score (nSPS) is 9.53. The molecular formula is C10H10FNO3. The van der Waals surface area contributed by atoms with Gasteiger partial charge in [0.15, 0.2) is 0 Å². The lowest BCUT2D eigenvalue weighted by Gasteiger charge is -2.06. The molecule has 15 heavy (non-hydrogen) atoms. The number of carbonyl (C=O) groups excluding carboxylic acids is 2. The number of ether oxygens (including phenoxy) is 1. The van der Waals surface area contributed by atoms with Gasteiger partial charge in [-0.25, -0.2) is 4.39 Å². The topological polar surface area (TPSA) is 55.4 Å². The molecule has 1 rings (SSSR count). The van der Waals surface area contributed by atoms with E-state index in [0.29, 0.717) is 0 Å². The molecule has 4 nitrogen and oxygen atoms in total. The number of halogens is 1. The smallest absolute Gasteiger partial charge is 0.308 e. The van der Waals surface area contributed by atoms with Crippen LogP contribution < -0.4 is 10.1 Å². The first-order chi connectivity index (χ1) is 6.99. The second-order valence-corrected chi connectivity index (χ2v) is 2.92. The molecule has 80 valence electrons. The molecule has 1 N–H and O–H groups in total. The maximum Gasteiger partial charge on any atom is 0.308 e. The van der Waals surface area contributed by atoms with Crippen LogP contribution in [-0.2, 0) is 9.59 Å². The maximum absolute atomic E-state index is 13.1. The number of nitrogens with one attached hydrogen (secondary N) is 1. The van der Waals surface area contributed by atoms with Crippen molar-refractivity contribution in [1.82, 2.24) is 0 Å². The average Bonchev–Trinajstić information content (AvgIpc) is 2.09. The highest BCUT2D eigenvalue weighted by Gasteiger charge is 2.06. The zero-order valence-electron chi connectivity index (χ0n) is 8.33. The summed E-state index contributed by atoms with van der Waals surface area (Å²) in [7, 11) is 0. The van der Waals surface area contributed by atoms with Gasteiger partial charge in [0, 0.05) is 19.9 Å². The first-order valence-electron chi connectivity index (χ1n) is 4.24. The molecule has 0 aliphatic heterocycles. The van der Waals surface area contributed by atoms with E-state index >= 15 is 0 Å². The second-order valence-electron chi connectivity index (χ2n) is 2.92. The van der Waals surface area contributed by atoms with Gasteiger partial charge in [-0.1, -0.05) is 0 Å². The summed E-state index contributed by atoms with van der Waals surface area (Å²) in [6, 6.07) is 3.67. The highest BCUT2D eigenvalue weighted by molar-refractivity contribution is 5.89. The summed E-state index contributed by atoms with van der Waals surface area (Å²) in [5.41, 5.74) is -0.0127. The van der Waals surface area contributed by atoms with Crippen molar-refractivity contribution >= 4 is 17.6 Å². The molecular weight excluding hydrogens is 201 g/mol. The third-order valence-corrected chi connectivity index (χ3v) is 1.51. The summed E-state index contributed by atoms with van der Waals surface area (Å²) in [6.07, 6.45) is 0. The third-order valence-electron chi connectivity index (χ3n) is 1.51. The van der Waals surface area contributed by atoms with Gasteiger partial charge in [-0.2, -0.15) is 0 Å². The molecule has 0 aromatic heterocycles. The fourth-order valence-electron chi connectivity index (χ4n) is 1.02. The quantitative estimate of drug-likeness (QED) is 0.598. The molecule has 0 bridgehead atoms. The summed E-state index contributed by atoms with van der Waals surface area (Å²) in [5.74, 6) is -1.29. The number of amides is 1. The van der Waals surface area contributed by atoms with E-state index < -0.39 is 17.7 Å². The Morgan fingerprint density at radius 2 is 2.00 bits per heavy atom. The van der Waals surface area contributed by atoms with Crippen molar-refractivity contribution in [3.63, 3.8) is 0 Å². The Morgan fingerprint density at radius 1 is 1.33 bits per heavy atom. The van der Waals surface area contributed by atoms with Crippen molar-refractivity contribution in [3.05, 3.63) is 24.0 Å². The van der Waals surface area contributed by atoms with Gasteiger partial charge >= 0.3 is 5.97 Å². The maximum atomic E-state index is 13.1. The number of anilines is 1. The van der Waals surface area contributed by atoms with E-state index in [1.54, 1.807) is 0 Å². The number of hydrogen-bond acceptors (Lipinski definition) is 3. The fourth-order valence-corrected chi connectivity index (χ4v) is 1.02. The predicted molar refractivity (Wildman–Crippen MR) is 52.0 cm³/mol. The van der Waals surface area contributed by atoms with Crippen LogP contribution >= 0.6 is 0 Å². The van der Waals surface area contributed by atoms with Crippen LogP contribution in [0.3, 0.4) is 0 Å². The monoisotopic (exact) mass is 211 g/mol. The van der Waals surface area contributed by atoms with Crippen LogP contribution in [0.1, 0.15) is 13.8 Å². The molecule has 0 radical (unpaired) electrons. The number of rotatable bonds is 2. The third kappa shape index (κ3) is 3.38. The first kappa shape index (κ1) is 11.2. The molecule has 5 heteroatoms. The SMILES string of the molecule is CC(=O)Nc1cc(OC(C)=O)ccc1F. The molecule has 0 atom stereocenters. The lowest BCUT2D eigenvalue weighted by Crippen LogP contribution is -2.08. The van der Waals surface area contributed by atoms with Crippen molar-refractivity contribution in [3.8, 4) is 5.75 Å². The molecule has 0 spiro atoms. The van der Waals surface area contributed by atoms with E-state index in [1.165, 1.54) is 26.0 Å². The lowest BCUT2D eigenvalue weighted by atomic mass is 10.3.